The standard InChI is InChI=1S/C22H19BrO2/c1-15-3-7-17(8-4-15)21(24)22(18-9-5-16(2)6-10-18)25-20-13-11-19(23)12-14-20/h3-14,22H,1-2H3. The molecule has 3 aromatic carbocycles. The van der Waals surface area contributed by atoms with Gasteiger partial charge in [0.1, 0.15) is 5.75 Å². The van der Waals surface area contributed by atoms with Gasteiger partial charge in [-0.05, 0) is 38.1 Å². The van der Waals surface area contributed by atoms with Crippen LogP contribution in [0.4, 0.5) is 0 Å². The first kappa shape index (κ1) is 17.4. The van der Waals surface area contributed by atoms with Crippen molar-refractivity contribution in [2.45, 2.75) is 20.0 Å². The topological polar surface area (TPSA) is 26.3 Å². The molecule has 0 amide bonds. The zero-order valence-electron chi connectivity index (χ0n) is 14.2. The van der Waals surface area contributed by atoms with Crippen molar-refractivity contribution < 1.29 is 9.53 Å². The number of ether oxygens (including phenoxy) is 1. The third-order valence-corrected chi connectivity index (χ3v) is 4.55. The number of aryl methyl sites for hydroxylation is 2. The SMILES string of the molecule is Cc1ccc(C(=O)C(Oc2ccc(Br)cc2)c2ccc(C)cc2)cc1. The Morgan fingerprint density at radius 3 is 1.88 bits per heavy atom. The molecular weight excluding hydrogens is 376 g/mol. The van der Waals surface area contributed by atoms with Crippen LogP contribution in [-0.4, -0.2) is 5.78 Å². The van der Waals surface area contributed by atoms with Crippen LogP contribution in [0, 0.1) is 13.8 Å². The van der Waals surface area contributed by atoms with Crippen molar-refractivity contribution in [3.05, 3.63) is 99.5 Å². The van der Waals surface area contributed by atoms with Gasteiger partial charge in [0.2, 0.25) is 5.78 Å². The Morgan fingerprint density at radius 2 is 1.32 bits per heavy atom. The number of hydrogen-bond acceptors (Lipinski definition) is 2. The van der Waals surface area contributed by atoms with Gasteiger partial charge in [0.15, 0.2) is 6.10 Å². The molecule has 0 fully saturated rings. The predicted molar refractivity (Wildman–Crippen MR) is 104 cm³/mol. The molecule has 0 aromatic heterocycles. The Morgan fingerprint density at radius 1 is 0.800 bits per heavy atom. The molecule has 0 aliphatic rings. The molecule has 3 heteroatoms. The molecular formula is C22H19BrO2. The predicted octanol–water partition coefficient (Wildman–Crippen LogP) is 6.07. The first-order chi connectivity index (χ1) is 12.0. The fourth-order valence-corrected chi connectivity index (χ4v) is 2.80. The van der Waals surface area contributed by atoms with Crippen molar-refractivity contribution >= 4 is 21.7 Å². The molecule has 3 rings (SSSR count). The Hall–Kier alpha value is -2.39. The number of hydrogen-bond donors (Lipinski definition) is 0. The Kier molecular flexibility index (Phi) is 5.34. The monoisotopic (exact) mass is 394 g/mol. The quantitative estimate of drug-likeness (QED) is 0.490. The van der Waals surface area contributed by atoms with Crippen molar-refractivity contribution in [3.63, 3.8) is 0 Å². The fraction of sp³-hybridized carbons (Fsp3) is 0.136. The van der Waals surface area contributed by atoms with E-state index >= 15 is 0 Å². The van der Waals surface area contributed by atoms with Crippen molar-refractivity contribution in [3.8, 4) is 5.75 Å². The maximum absolute atomic E-state index is 13.1. The van der Waals surface area contributed by atoms with Crippen molar-refractivity contribution in [2.24, 2.45) is 0 Å². The summed E-state index contributed by atoms with van der Waals surface area (Å²) in [5, 5.41) is 0. The molecule has 1 unspecified atom stereocenters. The van der Waals surface area contributed by atoms with Gasteiger partial charge in [-0.25, -0.2) is 0 Å². The number of halogens is 1. The normalized spacial score (nSPS) is 11.8. The van der Waals surface area contributed by atoms with Crippen molar-refractivity contribution in [1.29, 1.82) is 0 Å². The smallest absolute Gasteiger partial charge is 0.207 e. The summed E-state index contributed by atoms with van der Waals surface area (Å²) in [6.07, 6.45) is -0.676. The zero-order valence-corrected chi connectivity index (χ0v) is 15.8. The number of Topliss-reactive ketones (excluding diaryl/α,β-unsaturated/α-hetero) is 1. The number of rotatable bonds is 5. The van der Waals surface area contributed by atoms with E-state index in [1.165, 1.54) is 0 Å². The first-order valence-corrected chi connectivity index (χ1v) is 8.92. The van der Waals surface area contributed by atoms with Crippen LogP contribution in [0.15, 0.2) is 77.3 Å². The highest BCUT2D eigenvalue weighted by Gasteiger charge is 2.24. The summed E-state index contributed by atoms with van der Waals surface area (Å²) < 4.78 is 7.04. The number of benzene rings is 3. The minimum atomic E-state index is -0.676. The molecule has 3 aromatic rings. The van der Waals surface area contributed by atoms with E-state index < -0.39 is 6.10 Å². The van der Waals surface area contributed by atoms with Gasteiger partial charge >= 0.3 is 0 Å². The largest absolute Gasteiger partial charge is 0.478 e. The third kappa shape index (κ3) is 4.37. The van der Waals surface area contributed by atoms with Gasteiger partial charge in [-0.3, -0.25) is 4.79 Å². The van der Waals surface area contributed by atoms with Gasteiger partial charge in [0.05, 0.1) is 0 Å². The molecule has 0 heterocycles. The molecule has 0 aliphatic heterocycles. The minimum Gasteiger partial charge on any atom is -0.478 e. The number of carbonyl (C=O) groups excluding carboxylic acids is 1. The van der Waals surface area contributed by atoms with Crippen LogP contribution < -0.4 is 4.74 Å². The summed E-state index contributed by atoms with van der Waals surface area (Å²) in [5.74, 6) is 0.612. The van der Waals surface area contributed by atoms with E-state index in [1.807, 2.05) is 86.6 Å². The zero-order chi connectivity index (χ0) is 17.8. The molecule has 0 N–H and O–H groups in total. The Bertz CT molecular complexity index is 850. The molecule has 0 spiro atoms. The highest BCUT2D eigenvalue weighted by atomic mass is 79.9. The van der Waals surface area contributed by atoms with Gasteiger partial charge in [0, 0.05) is 15.6 Å². The van der Waals surface area contributed by atoms with Crippen molar-refractivity contribution in [1.82, 2.24) is 0 Å². The summed E-state index contributed by atoms with van der Waals surface area (Å²) in [5.41, 5.74) is 3.76. The summed E-state index contributed by atoms with van der Waals surface area (Å²) in [7, 11) is 0. The van der Waals surface area contributed by atoms with E-state index in [9.17, 15) is 4.79 Å². The lowest BCUT2D eigenvalue weighted by Gasteiger charge is -2.19. The minimum absolute atomic E-state index is 0.0493. The molecule has 1 atom stereocenters. The molecule has 0 bridgehead atoms. The lowest BCUT2D eigenvalue weighted by atomic mass is 9.98. The Labute approximate surface area is 156 Å². The summed E-state index contributed by atoms with van der Waals surface area (Å²) in [4.78, 5) is 13.1. The maximum atomic E-state index is 13.1. The van der Waals surface area contributed by atoms with E-state index in [2.05, 4.69) is 15.9 Å². The molecule has 0 saturated carbocycles. The van der Waals surface area contributed by atoms with Crippen LogP contribution >= 0.6 is 15.9 Å². The van der Waals surface area contributed by atoms with Crippen LogP contribution in [0.3, 0.4) is 0 Å². The van der Waals surface area contributed by atoms with Gasteiger partial charge in [-0.15, -0.1) is 0 Å². The van der Waals surface area contributed by atoms with Gasteiger partial charge < -0.3 is 4.74 Å². The van der Waals surface area contributed by atoms with E-state index in [0.717, 1.165) is 21.2 Å². The average Bonchev–Trinajstić information content (AvgIpc) is 2.62. The van der Waals surface area contributed by atoms with E-state index in [0.29, 0.717) is 11.3 Å². The van der Waals surface area contributed by atoms with Crippen LogP contribution in [0.2, 0.25) is 0 Å². The molecule has 126 valence electrons. The van der Waals surface area contributed by atoms with Gasteiger partial charge in [-0.1, -0.05) is 75.6 Å². The third-order valence-electron chi connectivity index (χ3n) is 4.02. The number of ketones is 1. The maximum Gasteiger partial charge on any atom is 0.207 e. The van der Waals surface area contributed by atoms with Gasteiger partial charge in [-0.2, -0.15) is 0 Å². The van der Waals surface area contributed by atoms with Crippen LogP contribution in [0.25, 0.3) is 0 Å². The highest BCUT2D eigenvalue weighted by molar-refractivity contribution is 9.10. The molecule has 2 nitrogen and oxygen atoms in total. The van der Waals surface area contributed by atoms with Crippen LogP contribution in [-0.2, 0) is 0 Å². The Balaban J connectivity index is 1.95. The van der Waals surface area contributed by atoms with Gasteiger partial charge in [0.25, 0.3) is 0 Å². The first-order valence-electron chi connectivity index (χ1n) is 8.12. The second-order valence-electron chi connectivity index (χ2n) is 6.09. The number of carbonyl (C=O) groups is 1. The second kappa shape index (κ2) is 7.66. The molecule has 0 saturated heterocycles. The van der Waals surface area contributed by atoms with Crippen LogP contribution in [0.5, 0.6) is 5.75 Å². The lowest BCUT2D eigenvalue weighted by Crippen LogP contribution is -2.19. The second-order valence-corrected chi connectivity index (χ2v) is 7.01. The average molecular weight is 395 g/mol. The summed E-state index contributed by atoms with van der Waals surface area (Å²) >= 11 is 3.41. The lowest BCUT2D eigenvalue weighted by molar-refractivity contribution is 0.0792. The van der Waals surface area contributed by atoms with Crippen LogP contribution in [0.1, 0.15) is 33.2 Å². The van der Waals surface area contributed by atoms with Crippen molar-refractivity contribution in [2.75, 3.05) is 0 Å². The van der Waals surface area contributed by atoms with E-state index in [1.54, 1.807) is 0 Å². The molecule has 0 aliphatic carbocycles. The summed E-state index contributed by atoms with van der Waals surface area (Å²) in [6.45, 7) is 4.03. The summed E-state index contributed by atoms with van der Waals surface area (Å²) in [6, 6.07) is 23.0. The molecule has 25 heavy (non-hydrogen) atoms. The fourth-order valence-electron chi connectivity index (χ4n) is 2.53. The van der Waals surface area contributed by atoms with E-state index in [4.69, 9.17) is 4.74 Å². The molecule has 0 radical (unpaired) electrons. The van der Waals surface area contributed by atoms with E-state index in [-0.39, 0.29) is 5.78 Å². The highest BCUT2D eigenvalue weighted by Crippen LogP contribution is 2.27.